The second-order valence-corrected chi connectivity index (χ2v) is 6.16. The molecule has 2 nitrogen and oxygen atoms in total. The van der Waals surface area contributed by atoms with Crippen molar-refractivity contribution < 1.29 is 9.47 Å². The summed E-state index contributed by atoms with van der Waals surface area (Å²) in [7, 11) is 0. The molecule has 2 heteroatoms. The van der Waals surface area contributed by atoms with Gasteiger partial charge in [0.25, 0.3) is 0 Å². The van der Waals surface area contributed by atoms with Gasteiger partial charge in [-0.3, -0.25) is 0 Å². The summed E-state index contributed by atoms with van der Waals surface area (Å²) in [6.07, 6.45) is 4.44. The second kappa shape index (κ2) is 6.13. The molecular weight excluding hydrogens is 272 g/mol. The molecule has 1 aliphatic rings. The zero-order chi connectivity index (χ0) is 15.6. The van der Waals surface area contributed by atoms with E-state index in [0.717, 1.165) is 31.6 Å². The molecule has 0 saturated carbocycles. The number of rotatable bonds is 6. The first-order chi connectivity index (χ1) is 10.7. The summed E-state index contributed by atoms with van der Waals surface area (Å²) < 4.78 is 12.1. The van der Waals surface area contributed by atoms with Gasteiger partial charge in [-0.2, -0.15) is 0 Å². The summed E-state index contributed by atoms with van der Waals surface area (Å²) in [5, 5.41) is 2.47. The van der Waals surface area contributed by atoms with Gasteiger partial charge in [-0.05, 0) is 30.2 Å². The predicted octanol–water partition coefficient (Wildman–Crippen LogP) is 5.56. The number of allylic oxidation sites excluding steroid dienone is 1. The lowest BCUT2D eigenvalue weighted by atomic mass is 9.79. The summed E-state index contributed by atoms with van der Waals surface area (Å²) in [5.74, 6) is 1.60. The molecular formula is C20H24O2. The van der Waals surface area contributed by atoms with Gasteiger partial charge < -0.3 is 9.47 Å². The molecule has 1 aliphatic heterocycles. The van der Waals surface area contributed by atoms with E-state index >= 15 is 0 Å². The molecule has 116 valence electrons. The normalized spacial score (nSPS) is 20.6. The fourth-order valence-corrected chi connectivity index (χ4v) is 3.32. The molecule has 2 aromatic carbocycles. The van der Waals surface area contributed by atoms with E-state index in [1.807, 2.05) is 6.92 Å². The van der Waals surface area contributed by atoms with Crippen molar-refractivity contribution in [1.29, 1.82) is 0 Å². The number of hydrogen-bond donors (Lipinski definition) is 0. The van der Waals surface area contributed by atoms with Crippen LogP contribution < -0.4 is 4.74 Å². The monoisotopic (exact) mass is 296 g/mol. The van der Waals surface area contributed by atoms with Crippen molar-refractivity contribution in [3.05, 3.63) is 54.3 Å². The third kappa shape index (κ3) is 2.64. The third-order valence-electron chi connectivity index (χ3n) is 4.45. The van der Waals surface area contributed by atoms with E-state index in [2.05, 4.69) is 49.9 Å². The van der Waals surface area contributed by atoms with E-state index in [4.69, 9.17) is 9.47 Å². The zero-order valence-corrected chi connectivity index (χ0v) is 13.5. The van der Waals surface area contributed by atoms with Crippen molar-refractivity contribution in [3.8, 4) is 5.75 Å². The Morgan fingerprint density at radius 1 is 1.27 bits per heavy atom. The van der Waals surface area contributed by atoms with Gasteiger partial charge in [-0.15, -0.1) is 0 Å². The quantitative estimate of drug-likeness (QED) is 0.650. The lowest BCUT2D eigenvalue weighted by Gasteiger charge is -2.44. The maximum absolute atomic E-state index is 6.13. The molecule has 1 fully saturated rings. The number of unbranched alkanes of at least 4 members (excludes halogenated alkanes) is 1. The Balaban J connectivity index is 2.17. The van der Waals surface area contributed by atoms with Crippen LogP contribution in [-0.4, -0.2) is 6.61 Å². The van der Waals surface area contributed by atoms with Crippen molar-refractivity contribution in [1.82, 2.24) is 0 Å². The number of benzene rings is 2. The average Bonchev–Trinajstić information content (AvgIpc) is 2.47. The maximum atomic E-state index is 6.13. The molecule has 1 saturated heterocycles. The maximum Gasteiger partial charge on any atom is 0.133 e. The van der Waals surface area contributed by atoms with Crippen molar-refractivity contribution in [2.24, 2.45) is 0 Å². The fourth-order valence-electron chi connectivity index (χ4n) is 3.32. The molecule has 1 heterocycles. The molecule has 1 atom stereocenters. The topological polar surface area (TPSA) is 18.5 Å². The zero-order valence-electron chi connectivity index (χ0n) is 13.5. The second-order valence-electron chi connectivity index (χ2n) is 6.16. The third-order valence-corrected chi connectivity index (χ3v) is 4.45. The van der Waals surface area contributed by atoms with Crippen LogP contribution in [0.3, 0.4) is 0 Å². The SMILES string of the molecule is C=C(C)Oc1ccc2ccccc2c1C1(CCCC)CCO1. The van der Waals surface area contributed by atoms with E-state index in [-0.39, 0.29) is 5.60 Å². The summed E-state index contributed by atoms with van der Waals surface area (Å²) in [5.41, 5.74) is 1.01. The van der Waals surface area contributed by atoms with Crippen LogP contribution in [0, 0.1) is 0 Å². The Labute approximate surface area is 132 Å². The summed E-state index contributed by atoms with van der Waals surface area (Å²) >= 11 is 0. The summed E-state index contributed by atoms with van der Waals surface area (Å²) in [6, 6.07) is 12.7. The molecule has 1 unspecified atom stereocenters. The van der Waals surface area contributed by atoms with Gasteiger partial charge in [0.05, 0.1) is 18.0 Å². The molecule has 0 aliphatic carbocycles. The molecule has 0 bridgehead atoms. The molecule has 0 amide bonds. The van der Waals surface area contributed by atoms with Crippen LogP contribution in [-0.2, 0) is 10.3 Å². The Morgan fingerprint density at radius 2 is 2.05 bits per heavy atom. The minimum atomic E-state index is -0.193. The van der Waals surface area contributed by atoms with Gasteiger partial charge in [-0.25, -0.2) is 0 Å². The Bertz CT molecular complexity index is 683. The van der Waals surface area contributed by atoms with Crippen LogP contribution in [0.15, 0.2) is 48.7 Å². The van der Waals surface area contributed by atoms with Crippen molar-refractivity contribution in [2.45, 2.75) is 45.1 Å². The molecule has 22 heavy (non-hydrogen) atoms. The predicted molar refractivity (Wildman–Crippen MR) is 91.2 cm³/mol. The van der Waals surface area contributed by atoms with Gasteiger partial charge in [0, 0.05) is 12.0 Å². The lowest BCUT2D eigenvalue weighted by Crippen LogP contribution is -2.41. The van der Waals surface area contributed by atoms with E-state index in [0.29, 0.717) is 5.76 Å². The van der Waals surface area contributed by atoms with Crippen LogP contribution >= 0.6 is 0 Å². The van der Waals surface area contributed by atoms with Crippen molar-refractivity contribution in [3.63, 3.8) is 0 Å². The standard InChI is InChI=1S/C20H24O2/c1-4-5-12-20(13-14-21-20)19-17-9-7-6-8-16(17)10-11-18(19)22-15(2)3/h6-11H,2,4-5,12-14H2,1,3H3. The Hall–Kier alpha value is -1.80. The highest BCUT2D eigenvalue weighted by Crippen LogP contribution is 2.48. The lowest BCUT2D eigenvalue weighted by molar-refractivity contribution is -0.159. The van der Waals surface area contributed by atoms with Gasteiger partial charge in [0.15, 0.2) is 0 Å². The van der Waals surface area contributed by atoms with Gasteiger partial charge >= 0.3 is 0 Å². The first-order valence-electron chi connectivity index (χ1n) is 8.16. The van der Waals surface area contributed by atoms with Gasteiger partial charge in [0.1, 0.15) is 5.75 Å². The molecule has 2 aromatic rings. The van der Waals surface area contributed by atoms with Crippen LogP contribution in [0.25, 0.3) is 10.8 Å². The van der Waals surface area contributed by atoms with Crippen LogP contribution in [0.4, 0.5) is 0 Å². The Morgan fingerprint density at radius 3 is 2.68 bits per heavy atom. The van der Waals surface area contributed by atoms with E-state index in [9.17, 15) is 0 Å². The molecule has 0 spiro atoms. The molecule has 0 radical (unpaired) electrons. The number of fused-ring (bicyclic) bond motifs is 1. The van der Waals surface area contributed by atoms with E-state index in [1.54, 1.807) is 0 Å². The van der Waals surface area contributed by atoms with Gasteiger partial charge in [-0.1, -0.05) is 56.7 Å². The van der Waals surface area contributed by atoms with Crippen LogP contribution in [0.1, 0.15) is 45.1 Å². The van der Waals surface area contributed by atoms with Crippen LogP contribution in [0.2, 0.25) is 0 Å². The smallest absolute Gasteiger partial charge is 0.133 e. The largest absolute Gasteiger partial charge is 0.462 e. The summed E-state index contributed by atoms with van der Waals surface area (Å²) in [4.78, 5) is 0. The minimum absolute atomic E-state index is 0.193. The van der Waals surface area contributed by atoms with Crippen molar-refractivity contribution >= 4 is 10.8 Å². The first kappa shape index (κ1) is 15.1. The van der Waals surface area contributed by atoms with Gasteiger partial charge in [0.2, 0.25) is 0 Å². The Kier molecular flexibility index (Phi) is 4.21. The molecule has 0 aromatic heterocycles. The molecule has 0 N–H and O–H groups in total. The highest BCUT2D eigenvalue weighted by Gasteiger charge is 2.42. The summed E-state index contributed by atoms with van der Waals surface area (Å²) in [6.45, 7) is 8.84. The van der Waals surface area contributed by atoms with E-state index in [1.165, 1.54) is 22.8 Å². The highest BCUT2D eigenvalue weighted by molar-refractivity contribution is 5.88. The van der Waals surface area contributed by atoms with Crippen molar-refractivity contribution in [2.75, 3.05) is 6.61 Å². The number of ether oxygens (including phenoxy) is 2. The van der Waals surface area contributed by atoms with E-state index < -0.39 is 0 Å². The average molecular weight is 296 g/mol. The van der Waals surface area contributed by atoms with Crippen LogP contribution in [0.5, 0.6) is 5.75 Å². The highest BCUT2D eigenvalue weighted by atomic mass is 16.5. The number of hydrogen-bond acceptors (Lipinski definition) is 2. The molecule has 3 rings (SSSR count). The minimum Gasteiger partial charge on any atom is -0.462 e. The fraction of sp³-hybridized carbons (Fsp3) is 0.400. The first-order valence-corrected chi connectivity index (χ1v) is 8.16.